The molecule has 7 nitrogen and oxygen atoms in total. The van der Waals surface area contributed by atoms with Gasteiger partial charge < -0.3 is 10.2 Å². The van der Waals surface area contributed by atoms with Gasteiger partial charge in [0.1, 0.15) is 12.6 Å². The minimum absolute atomic E-state index is 0.0967. The van der Waals surface area contributed by atoms with E-state index in [2.05, 4.69) is 5.32 Å². The average molecular weight is 520 g/mol. The third-order valence-electron chi connectivity index (χ3n) is 6.36. The van der Waals surface area contributed by atoms with Crippen LogP contribution in [0.1, 0.15) is 51.0 Å². The van der Waals surface area contributed by atoms with Crippen LogP contribution in [-0.4, -0.2) is 50.0 Å². The average Bonchev–Trinajstić information content (AvgIpc) is 2.84. The van der Waals surface area contributed by atoms with E-state index in [1.807, 2.05) is 13.0 Å². The van der Waals surface area contributed by atoms with E-state index in [-0.39, 0.29) is 18.5 Å². The number of carbonyl (C=O) groups excluding carboxylic acids is 2. The zero-order valence-corrected chi connectivity index (χ0v) is 21.9. The van der Waals surface area contributed by atoms with Gasteiger partial charge in [-0.25, -0.2) is 8.42 Å². The molecule has 2 amide bonds. The van der Waals surface area contributed by atoms with Gasteiger partial charge in [-0.15, -0.1) is 0 Å². The fraction of sp³-hybridized carbons (Fsp3) is 0.462. The molecule has 0 heterocycles. The van der Waals surface area contributed by atoms with Crippen molar-refractivity contribution in [1.82, 2.24) is 10.2 Å². The number of para-hydroxylation sites is 1. The molecule has 0 bridgehead atoms. The molecule has 2 aromatic rings. The Morgan fingerprint density at radius 1 is 1.03 bits per heavy atom. The van der Waals surface area contributed by atoms with Crippen molar-refractivity contribution in [2.75, 3.05) is 17.1 Å². The highest BCUT2D eigenvalue weighted by molar-refractivity contribution is 7.92. The van der Waals surface area contributed by atoms with Gasteiger partial charge in [0.15, 0.2) is 0 Å². The smallest absolute Gasteiger partial charge is 0.244 e. The summed E-state index contributed by atoms with van der Waals surface area (Å²) in [4.78, 5) is 28.5. The van der Waals surface area contributed by atoms with Crippen LogP contribution in [0.3, 0.4) is 0 Å². The molecule has 1 fully saturated rings. The molecular formula is C26H34ClN3O4S. The highest BCUT2D eigenvalue weighted by atomic mass is 35.5. The number of hydrogen-bond acceptors (Lipinski definition) is 4. The zero-order valence-electron chi connectivity index (χ0n) is 20.3. The second-order valence-corrected chi connectivity index (χ2v) is 11.3. The van der Waals surface area contributed by atoms with Gasteiger partial charge in [0.25, 0.3) is 0 Å². The summed E-state index contributed by atoms with van der Waals surface area (Å²) in [6.07, 6.45) is 6.63. The number of sulfonamides is 1. The molecule has 1 N–H and O–H groups in total. The molecule has 1 atom stereocenters. The molecule has 1 aliphatic carbocycles. The second kappa shape index (κ2) is 12.4. The Kier molecular flexibility index (Phi) is 9.57. The minimum atomic E-state index is -3.74. The molecule has 0 unspecified atom stereocenters. The van der Waals surface area contributed by atoms with Gasteiger partial charge in [-0.3, -0.25) is 13.9 Å². The molecule has 0 aromatic heterocycles. The summed E-state index contributed by atoms with van der Waals surface area (Å²) < 4.78 is 26.3. The number of hydrogen-bond donors (Lipinski definition) is 1. The summed E-state index contributed by atoms with van der Waals surface area (Å²) in [6.45, 7) is 1.53. The quantitative estimate of drug-likeness (QED) is 0.505. The molecule has 0 spiro atoms. The van der Waals surface area contributed by atoms with Crippen LogP contribution < -0.4 is 9.62 Å². The molecule has 190 valence electrons. The lowest BCUT2D eigenvalue weighted by Gasteiger charge is -2.34. The van der Waals surface area contributed by atoms with Crippen LogP contribution in [0, 0.1) is 0 Å². The fourth-order valence-corrected chi connectivity index (χ4v) is 5.53. The van der Waals surface area contributed by atoms with Crippen molar-refractivity contribution < 1.29 is 18.0 Å². The highest BCUT2D eigenvalue weighted by Gasteiger charge is 2.33. The lowest BCUT2D eigenvalue weighted by molar-refractivity contribution is -0.140. The topological polar surface area (TPSA) is 86.8 Å². The van der Waals surface area contributed by atoms with Gasteiger partial charge in [0.05, 0.1) is 11.9 Å². The van der Waals surface area contributed by atoms with Crippen molar-refractivity contribution in [3.8, 4) is 0 Å². The van der Waals surface area contributed by atoms with Gasteiger partial charge in [0.2, 0.25) is 21.8 Å². The normalized spacial score (nSPS) is 15.3. The maximum Gasteiger partial charge on any atom is 0.244 e. The van der Waals surface area contributed by atoms with Crippen LogP contribution in [0.4, 0.5) is 5.69 Å². The number of nitrogens with zero attached hydrogens (tertiary/aromatic N) is 2. The lowest BCUT2D eigenvalue weighted by Crippen LogP contribution is -2.54. The maximum atomic E-state index is 13.7. The minimum Gasteiger partial charge on any atom is -0.352 e. The van der Waals surface area contributed by atoms with Crippen LogP contribution in [0.2, 0.25) is 5.02 Å². The van der Waals surface area contributed by atoms with Crippen LogP contribution in [0.15, 0.2) is 54.6 Å². The Morgan fingerprint density at radius 3 is 2.26 bits per heavy atom. The van der Waals surface area contributed by atoms with Crippen LogP contribution in [0.25, 0.3) is 0 Å². The van der Waals surface area contributed by atoms with Crippen LogP contribution in [-0.2, 0) is 26.2 Å². The third kappa shape index (κ3) is 7.45. The molecule has 0 saturated heterocycles. The predicted octanol–water partition coefficient (Wildman–Crippen LogP) is 4.36. The zero-order chi connectivity index (χ0) is 25.4. The van der Waals surface area contributed by atoms with Crippen LogP contribution in [0.5, 0.6) is 0 Å². The van der Waals surface area contributed by atoms with Crippen molar-refractivity contribution >= 4 is 39.1 Å². The first-order valence-electron chi connectivity index (χ1n) is 12.1. The first-order chi connectivity index (χ1) is 16.7. The number of carbonyl (C=O) groups is 2. The van der Waals surface area contributed by atoms with E-state index < -0.39 is 28.5 Å². The molecule has 3 rings (SSSR count). The second-order valence-electron chi connectivity index (χ2n) is 8.99. The number of benzene rings is 2. The van der Waals surface area contributed by atoms with Gasteiger partial charge in [-0.1, -0.05) is 74.2 Å². The lowest BCUT2D eigenvalue weighted by atomic mass is 9.95. The molecule has 1 aliphatic rings. The maximum absolute atomic E-state index is 13.7. The molecule has 2 aromatic carbocycles. The summed E-state index contributed by atoms with van der Waals surface area (Å²) in [6, 6.07) is 15.0. The van der Waals surface area contributed by atoms with Gasteiger partial charge in [-0.2, -0.15) is 0 Å². The summed E-state index contributed by atoms with van der Waals surface area (Å²) in [5.74, 6) is -0.685. The summed E-state index contributed by atoms with van der Waals surface area (Å²) in [5, 5.41) is 3.61. The Hall–Kier alpha value is -2.58. The van der Waals surface area contributed by atoms with Crippen molar-refractivity contribution in [1.29, 1.82) is 0 Å². The Labute approximate surface area is 213 Å². The molecule has 1 saturated carbocycles. The van der Waals surface area contributed by atoms with E-state index in [4.69, 9.17) is 11.6 Å². The van der Waals surface area contributed by atoms with E-state index in [0.29, 0.717) is 22.7 Å². The number of halogens is 1. The number of rotatable bonds is 10. The van der Waals surface area contributed by atoms with Gasteiger partial charge in [-0.05, 0) is 43.0 Å². The van der Waals surface area contributed by atoms with Crippen LogP contribution >= 0.6 is 11.6 Å². The highest BCUT2D eigenvalue weighted by Crippen LogP contribution is 2.23. The van der Waals surface area contributed by atoms with E-state index in [1.165, 1.54) is 11.3 Å². The first kappa shape index (κ1) is 27.0. The van der Waals surface area contributed by atoms with E-state index in [0.717, 1.165) is 36.2 Å². The van der Waals surface area contributed by atoms with Crippen molar-refractivity contribution in [2.24, 2.45) is 0 Å². The molecule has 35 heavy (non-hydrogen) atoms. The van der Waals surface area contributed by atoms with E-state index in [1.54, 1.807) is 48.5 Å². The Bertz CT molecular complexity index is 1100. The summed E-state index contributed by atoms with van der Waals surface area (Å²) in [5.41, 5.74) is 1.08. The van der Waals surface area contributed by atoms with E-state index >= 15 is 0 Å². The summed E-state index contributed by atoms with van der Waals surface area (Å²) in [7, 11) is -3.74. The van der Waals surface area contributed by atoms with Gasteiger partial charge >= 0.3 is 0 Å². The monoisotopic (exact) mass is 519 g/mol. The number of anilines is 1. The number of nitrogens with one attached hydrogen (secondary N) is 1. The Morgan fingerprint density at radius 2 is 1.66 bits per heavy atom. The van der Waals surface area contributed by atoms with Crippen molar-refractivity contribution in [3.63, 3.8) is 0 Å². The molecule has 0 aliphatic heterocycles. The molecular weight excluding hydrogens is 486 g/mol. The molecule has 9 heteroatoms. The van der Waals surface area contributed by atoms with Gasteiger partial charge in [0, 0.05) is 17.6 Å². The third-order valence-corrected chi connectivity index (χ3v) is 7.87. The predicted molar refractivity (Wildman–Crippen MR) is 140 cm³/mol. The van der Waals surface area contributed by atoms with Crippen molar-refractivity contribution in [3.05, 3.63) is 65.2 Å². The largest absolute Gasteiger partial charge is 0.352 e. The molecule has 0 radical (unpaired) electrons. The number of amides is 2. The Balaban J connectivity index is 1.90. The fourth-order valence-electron chi connectivity index (χ4n) is 4.48. The standard InChI is InChI=1S/C26H34ClN3O4S/c1-3-24(26(32)28-21-13-6-4-7-14-21)29(18-20-12-10-11-17-23(20)27)25(31)19-30(35(2,33)34)22-15-8-5-9-16-22/h5,8-12,15-17,21,24H,3-4,6-7,13-14,18-19H2,1-2H3,(H,28,32)/t24-/m1/s1. The summed E-state index contributed by atoms with van der Waals surface area (Å²) >= 11 is 6.39. The van der Waals surface area contributed by atoms with Crippen molar-refractivity contribution in [2.45, 2.75) is 64.1 Å². The SMILES string of the molecule is CC[C@H](C(=O)NC1CCCCC1)N(Cc1ccccc1Cl)C(=O)CN(c1ccccc1)S(C)(=O)=O. The van der Waals surface area contributed by atoms with E-state index in [9.17, 15) is 18.0 Å². The first-order valence-corrected chi connectivity index (χ1v) is 14.3.